The molecule has 4 aliphatic carbocycles. The molecular formula is C13H20N+. The lowest BCUT2D eigenvalue weighted by Gasteiger charge is -2.52. The zero-order chi connectivity index (χ0) is 9.54. The summed E-state index contributed by atoms with van der Waals surface area (Å²) < 4.78 is 0. The van der Waals surface area contributed by atoms with Crippen LogP contribution in [0.4, 0.5) is 0 Å². The van der Waals surface area contributed by atoms with Gasteiger partial charge in [-0.1, -0.05) is 0 Å². The topological polar surface area (TPSA) is 16.6 Å². The van der Waals surface area contributed by atoms with Crippen molar-refractivity contribution in [3.05, 3.63) is 0 Å². The molecule has 0 radical (unpaired) electrons. The van der Waals surface area contributed by atoms with E-state index in [1.807, 2.05) is 0 Å². The van der Waals surface area contributed by atoms with Crippen LogP contribution in [-0.4, -0.2) is 12.6 Å². The van der Waals surface area contributed by atoms with Gasteiger partial charge in [0.1, 0.15) is 6.54 Å². The van der Waals surface area contributed by atoms with Crippen LogP contribution >= 0.6 is 0 Å². The lowest BCUT2D eigenvalue weighted by Crippen LogP contribution is -2.94. The molecule has 0 spiro atoms. The van der Waals surface area contributed by atoms with E-state index in [1.54, 1.807) is 6.42 Å². The quantitative estimate of drug-likeness (QED) is 0.626. The smallest absolute Gasteiger partial charge is 0.137 e. The first-order chi connectivity index (χ1) is 6.86. The van der Waals surface area contributed by atoms with E-state index in [0.29, 0.717) is 0 Å². The molecule has 0 heterocycles. The predicted octanol–water partition coefficient (Wildman–Crippen LogP) is 1.01. The second-order valence-electron chi connectivity index (χ2n) is 5.65. The van der Waals surface area contributed by atoms with Gasteiger partial charge in [0.25, 0.3) is 0 Å². The molecule has 14 heavy (non-hydrogen) atoms. The summed E-state index contributed by atoms with van der Waals surface area (Å²) in [4.78, 5) is 0. The Bertz CT molecular complexity index is 235. The summed E-state index contributed by atoms with van der Waals surface area (Å²) in [6.45, 7) is 0.896. The second-order valence-corrected chi connectivity index (χ2v) is 5.65. The number of quaternary nitrogens is 1. The van der Waals surface area contributed by atoms with E-state index in [2.05, 4.69) is 11.2 Å². The van der Waals surface area contributed by atoms with E-state index in [9.17, 15) is 0 Å². The molecule has 76 valence electrons. The van der Waals surface area contributed by atoms with Gasteiger partial charge >= 0.3 is 0 Å². The van der Waals surface area contributed by atoms with Crippen molar-refractivity contribution in [1.82, 2.24) is 0 Å². The molecule has 0 saturated heterocycles. The molecule has 2 N–H and O–H groups in total. The van der Waals surface area contributed by atoms with Crippen LogP contribution in [0.15, 0.2) is 0 Å². The van der Waals surface area contributed by atoms with Crippen molar-refractivity contribution in [1.29, 1.82) is 0 Å². The first-order valence-electron chi connectivity index (χ1n) is 6.13. The SMILES string of the molecule is C#CC[NH2+]C1C2CC3CC(C2)CC1C3. The highest BCUT2D eigenvalue weighted by Crippen LogP contribution is 2.52. The molecule has 0 aromatic rings. The van der Waals surface area contributed by atoms with E-state index in [0.717, 1.165) is 36.3 Å². The van der Waals surface area contributed by atoms with Crippen LogP contribution in [0.5, 0.6) is 0 Å². The van der Waals surface area contributed by atoms with Gasteiger partial charge in [0.2, 0.25) is 0 Å². The zero-order valence-corrected chi connectivity index (χ0v) is 8.78. The third kappa shape index (κ3) is 1.28. The summed E-state index contributed by atoms with van der Waals surface area (Å²) in [6.07, 6.45) is 13.0. The van der Waals surface area contributed by atoms with Crippen LogP contribution in [0, 0.1) is 36.0 Å². The number of hydrogen-bond acceptors (Lipinski definition) is 0. The monoisotopic (exact) mass is 190 g/mol. The maximum Gasteiger partial charge on any atom is 0.137 e. The lowest BCUT2D eigenvalue weighted by molar-refractivity contribution is -0.699. The van der Waals surface area contributed by atoms with Gasteiger partial charge in [-0.05, 0) is 49.9 Å². The summed E-state index contributed by atoms with van der Waals surface area (Å²) in [5, 5.41) is 2.45. The molecule has 0 unspecified atom stereocenters. The van der Waals surface area contributed by atoms with E-state index >= 15 is 0 Å². The molecule has 0 aromatic carbocycles. The van der Waals surface area contributed by atoms with Gasteiger partial charge in [-0.3, -0.25) is 0 Å². The summed E-state index contributed by atoms with van der Waals surface area (Å²) in [6, 6.07) is 0.888. The molecule has 4 rings (SSSR count). The number of terminal acetylenes is 1. The first kappa shape index (κ1) is 8.80. The Balaban J connectivity index is 1.72. The Labute approximate surface area is 86.7 Å². The molecule has 0 atom stereocenters. The van der Waals surface area contributed by atoms with Gasteiger partial charge in [0, 0.05) is 11.8 Å². The molecule has 0 amide bonds. The molecular weight excluding hydrogens is 170 g/mol. The molecule has 4 saturated carbocycles. The number of rotatable bonds is 2. The van der Waals surface area contributed by atoms with E-state index < -0.39 is 0 Å². The van der Waals surface area contributed by atoms with Crippen LogP contribution < -0.4 is 5.32 Å². The normalized spacial score (nSPS) is 49.2. The predicted molar refractivity (Wildman–Crippen MR) is 56.5 cm³/mol. The third-order valence-electron chi connectivity index (χ3n) is 4.81. The van der Waals surface area contributed by atoms with Crippen molar-refractivity contribution >= 4 is 0 Å². The van der Waals surface area contributed by atoms with Crippen LogP contribution in [0.3, 0.4) is 0 Å². The van der Waals surface area contributed by atoms with Crippen molar-refractivity contribution in [2.24, 2.45) is 23.7 Å². The second kappa shape index (κ2) is 3.28. The van der Waals surface area contributed by atoms with Crippen LogP contribution in [0.1, 0.15) is 32.1 Å². The first-order valence-corrected chi connectivity index (χ1v) is 6.13. The van der Waals surface area contributed by atoms with E-state index in [1.165, 1.54) is 25.7 Å². The van der Waals surface area contributed by atoms with Gasteiger partial charge in [-0.25, -0.2) is 0 Å². The average molecular weight is 190 g/mol. The van der Waals surface area contributed by atoms with E-state index in [4.69, 9.17) is 6.42 Å². The molecule has 1 heteroatoms. The fourth-order valence-electron chi connectivity index (χ4n) is 4.56. The Morgan fingerprint density at radius 2 is 1.57 bits per heavy atom. The van der Waals surface area contributed by atoms with Crippen molar-refractivity contribution in [3.8, 4) is 12.3 Å². The maximum atomic E-state index is 5.35. The van der Waals surface area contributed by atoms with Crippen molar-refractivity contribution < 1.29 is 5.32 Å². The number of hydrogen-bond donors (Lipinski definition) is 1. The minimum Gasteiger partial charge on any atom is -0.333 e. The molecule has 4 fully saturated rings. The Kier molecular flexibility index (Phi) is 2.06. The number of nitrogens with two attached hydrogens (primary N) is 1. The highest BCUT2D eigenvalue weighted by Gasteiger charge is 2.49. The molecule has 0 aromatic heterocycles. The maximum absolute atomic E-state index is 5.35. The summed E-state index contributed by atoms with van der Waals surface area (Å²) in [7, 11) is 0. The van der Waals surface area contributed by atoms with Gasteiger partial charge in [-0.2, -0.15) is 0 Å². The Morgan fingerprint density at radius 1 is 1.00 bits per heavy atom. The molecule has 0 aliphatic heterocycles. The van der Waals surface area contributed by atoms with Crippen LogP contribution in [0.2, 0.25) is 0 Å². The minimum atomic E-state index is 0.888. The largest absolute Gasteiger partial charge is 0.333 e. The van der Waals surface area contributed by atoms with Crippen molar-refractivity contribution in [2.45, 2.75) is 38.1 Å². The van der Waals surface area contributed by atoms with Crippen LogP contribution in [-0.2, 0) is 0 Å². The Hall–Kier alpha value is -0.480. The third-order valence-corrected chi connectivity index (χ3v) is 4.81. The summed E-state index contributed by atoms with van der Waals surface area (Å²) in [5.74, 6) is 6.98. The fourth-order valence-corrected chi connectivity index (χ4v) is 4.56. The summed E-state index contributed by atoms with van der Waals surface area (Å²) >= 11 is 0. The molecule has 1 nitrogen and oxygen atoms in total. The fraction of sp³-hybridized carbons (Fsp3) is 0.846. The van der Waals surface area contributed by atoms with Crippen molar-refractivity contribution in [3.63, 3.8) is 0 Å². The van der Waals surface area contributed by atoms with Crippen molar-refractivity contribution in [2.75, 3.05) is 6.54 Å². The standard InChI is InChI=1S/C13H19N/c1-2-3-14-13-11-5-9-4-10(7-11)8-12(13)6-9/h1,9-14H,3-8H2/p+1. The highest BCUT2D eigenvalue weighted by molar-refractivity contribution is 4.98. The van der Waals surface area contributed by atoms with E-state index in [-0.39, 0.29) is 0 Å². The minimum absolute atomic E-state index is 0.888. The van der Waals surface area contributed by atoms with Gasteiger partial charge in [0.15, 0.2) is 0 Å². The van der Waals surface area contributed by atoms with Crippen LogP contribution in [0.25, 0.3) is 0 Å². The Morgan fingerprint density at radius 3 is 2.07 bits per heavy atom. The lowest BCUT2D eigenvalue weighted by atomic mass is 9.54. The zero-order valence-electron chi connectivity index (χ0n) is 8.78. The molecule has 4 bridgehead atoms. The van der Waals surface area contributed by atoms with Gasteiger partial charge < -0.3 is 5.32 Å². The molecule has 4 aliphatic rings. The van der Waals surface area contributed by atoms with Gasteiger partial charge in [-0.15, -0.1) is 6.42 Å². The highest BCUT2D eigenvalue weighted by atomic mass is 14.9. The van der Waals surface area contributed by atoms with Gasteiger partial charge in [0.05, 0.1) is 6.04 Å². The summed E-state index contributed by atoms with van der Waals surface area (Å²) in [5.41, 5.74) is 0. The average Bonchev–Trinajstić information content (AvgIpc) is 2.15.